The van der Waals surface area contributed by atoms with E-state index in [1.54, 1.807) is 17.4 Å². The monoisotopic (exact) mass is 438 g/mol. The first-order valence-electron chi connectivity index (χ1n) is 10.3. The van der Waals surface area contributed by atoms with Crippen molar-refractivity contribution in [3.05, 3.63) is 80.2 Å². The highest BCUT2D eigenvalue weighted by Gasteiger charge is 2.33. The van der Waals surface area contributed by atoms with Crippen molar-refractivity contribution in [2.45, 2.75) is 38.8 Å². The molecule has 3 aromatic rings. The highest BCUT2D eigenvalue weighted by molar-refractivity contribution is 7.16. The lowest BCUT2D eigenvalue weighted by atomic mass is 9.88. The third kappa shape index (κ3) is 3.46. The molecule has 4 nitrogen and oxygen atoms in total. The van der Waals surface area contributed by atoms with Crippen LogP contribution in [0.1, 0.15) is 57.0 Å². The number of aromatic hydroxyl groups is 1. The van der Waals surface area contributed by atoms with E-state index < -0.39 is 6.17 Å². The van der Waals surface area contributed by atoms with Crippen LogP contribution >= 0.6 is 22.9 Å². The zero-order valence-corrected chi connectivity index (χ0v) is 18.2. The zero-order valence-electron chi connectivity index (χ0n) is 16.7. The third-order valence-corrected chi connectivity index (χ3v) is 7.60. The number of phenolic OH excluding ortho intramolecular Hbond substituents is 1. The minimum atomic E-state index is -0.464. The van der Waals surface area contributed by atoms with E-state index in [4.69, 9.17) is 11.6 Å². The molecule has 0 saturated carbocycles. The maximum Gasteiger partial charge on any atom is 0.256 e. The van der Waals surface area contributed by atoms with E-state index in [0.29, 0.717) is 17.9 Å². The summed E-state index contributed by atoms with van der Waals surface area (Å²) >= 11 is 8.00. The van der Waals surface area contributed by atoms with Gasteiger partial charge in [0.15, 0.2) is 0 Å². The molecule has 2 heterocycles. The molecule has 1 amide bonds. The first kappa shape index (κ1) is 19.5. The lowest BCUT2D eigenvalue weighted by Gasteiger charge is -2.28. The molecule has 154 valence electrons. The summed E-state index contributed by atoms with van der Waals surface area (Å²) in [7, 11) is 0. The van der Waals surface area contributed by atoms with Gasteiger partial charge in [0.1, 0.15) is 16.9 Å². The largest absolute Gasteiger partial charge is 0.508 e. The van der Waals surface area contributed by atoms with Gasteiger partial charge >= 0.3 is 0 Å². The lowest BCUT2D eigenvalue weighted by molar-refractivity contribution is 0.0935. The van der Waals surface area contributed by atoms with Gasteiger partial charge in [0.2, 0.25) is 0 Å². The quantitative estimate of drug-likeness (QED) is 0.493. The van der Waals surface area contributed by atoms with E-state index in [0.717, 1.165) is 46.0 Å². The molecule has 0 bridgehead atoms. The van der Waals surface area contributed by atoms with E-state index in [1.165, 1.54) is 10.4 Å². The van der Waals surface area contributed by atoms with Gasteiger partial charge in [-0.2, -0.15) is 0 Å². The Kier molecular flexibility index (Phi) is 4.95. The van der Waals surface area contributed by atoms with E-state index in [2.05, 4.69) is 17.6 Å². The van der Waals surface area contributed by atoms with Crippen molar-refractivity contribution in [1.29, 1.82) is 0 Å². The molecular formula is C24H23ClN2O2S. The van der Waals surface area contributed by atoms with Crippen LogP contribution in [-0.4, -0.2) is 11.0 Å². The Labute approximate surface area is 184 Å². The van der Waals surface area contributed by atoms with Crippen LogP contribution in [0.25, 0.3) is 0 Å². The number of carbonyl (C=O) groups is 1. The smallest absolute Gasteiger partial charge is 0.256 e. The molecule has 30 heavy (non-hydrogen) atoms. The van der Waals surface area contributed by atoms with Crippen molar-refractivity contribution in [2.24, 2.45) is 5.92 Å². The van der Waals surface area contributed by atoms with Crippen LogP contribution < -0.4 is 10.6 Å². The average molecular weight is 439 g/mol. The number of fused-ring (bicyclic) bond motifs is 3. The molecule has 1 aliphatic heterocycles. The molecule has 0 saturated heterocycles. The Hall–Kier alpha value is -2.50. The summed E-state index contributed by atoms with van der Waals surface area (Å²) in [6.45, 7) is 2.26. The molecule has 2 aromatic carbocycles. The van der Waals surface area contributed by atoms with Crippen molar-refractivity contribution in [3.8, 4) is 5.75 Å². The second-order valence-electron chi connectivity index (χ2n) is 8.27. The Bertz CT molecular complexity index is 1140. The van der Waals surface area contributed by atoms with Crippen LogP contribution in [-0.2, 0) is 19.3 Å². The van der Waals surface area contributed by atoms with Crippen LogP contribution in [0.2, 0.25) is 5.02 Å². The maximum absolute atomic E-state index is 13.0. The topological polar surface area (TPSA) is 61.4 Å². The molecule has 6 heteroatoms. The van der Waals surface area contributed by atoms with Gasteiger partial charge in [0.25, 0.3) is 5.91 Å². The summed E-state index contributed by atoms with van der Waals surface area (Å²) in [5.41, 5.74) is 4.72. The number of carbonyl (C=O) groups excluding carboxylic acids is 1. The Morgan fingerprint density at radius 2 is 2.03 bits per heavy atom. The Morgan fingerprint density at radius 1 is 1.20 bits per heavy atom. The third-order valence-electron chi connectivity index (χ3n) is 6.04. The van der Waals surface area contributed by atoms with Gasteiger partial charge in [0.05, 0.1) is 5.56 Å². The summed E-state index contributed by atoms with van der Waals surface area (Å²) in [4.78, 5) is 14.3. The number of hydrogen-bond acceptors (Lipinski definition) is 4. The van der Waals surface area contributed by atoms with Gasteiger partial charge in [0, 0.05) is 15.5 Å². The number of hydrogen-bond donors (Lipinski definition) is 3. The van der Waals surface area contributed by atoms with Crippen molar-refractivity contribution in [3.63, 3.8) is 0 Å². The minimum Gasteiger partial charge on any atom is -0.508 e. The highest BCUT2D eigenvalue weighted by Crippen LogP contribution is 2.43. The molecule has 1 aliphatic carbocycles. The Morgan fingerprint density at radius 3 is 2.87 bits per heavy atom. The number of thiophene rings is 1. The Balaban J connectivity index is 1.45. The molecule has 3 N–H and O–H groups in total. The van der Waals surface area contributed by atoms with Crippen LogP contribution in [0, 0.1) is 5.92 Å². The molecule has 5 rings (SSSR count). The lowest BCUT2D eigenvalue weighted by Crippen LogP contribution is -2.38. The SMILES string of the molecule is CC1CCc2c(sc3c2C(=O)NC(c2cc(Cc4ccccc4Cl)ccc2O)N3)C1. The number of rotatable bonds is 3. The van der Waals surface area contributed by atoms with Gasteiger partial charge in [-0.15, -0.1) is 11.3 Å². The van der Waals surface area contributed by atoms with E-state index >= 15 is 0 Å². The summed E-state index contributed by atoms with van der Waals surface area (Å²) in [6.07, 6.45) is 3.31. The summed E-state index contributed by atoms with van der Waals surface area (Å²) in [6, 6.07) is 13.3. The van der Waals surface area contributed by atoms with Crippen LogP contribution in [0.4, 0.5) is 5.00 Å². The predicted molar refractivity (Wildman–Crippen MR) is 122 cm³/mol. The van der Waals surface area contributed by atoms with Gasteiger partial charge in [-0.1, -0.05) is 42.8 Å². The number of benzene rings is 2. The van der Waals surface area contributed by atoms with Crippen molar-refractivity contribution < 1.29 is 9.90 Å². The van der Waals surface area contributed by atoms with Crippen molar-refractivity contribution >= 4 is 33.8 Å². The summed E-state index contributed by atoms with van der Waals surface area (Å²) in [5, 5.41) is 18.7. The second kappa shape index (κ2) is 7.64. The first-order valence-corrected chi connectivity index (χ1v) is 11.5. The number of amides is 1. The van der Waals surface area contributed by atoms with E-state index in [1.807, 2.05) is 36.4 Å². The van der Waals surface area contributed by atoms with Crippen molar-refractivity contribution in [1.82, 2.24) is 5.32 Å². The number of halogens is 1. The van der Waals surface area contributed by atoms with Crippen LogP contribution in [0.5, 0.6) is 5.75 Å². The standard InChI is InChI=1S/C24H23ClN2O2S/c1-13-6-8-16-20(10-13)30-24-21(16)23(29)26-22(27-24)17-12-14(7-9-19(17)28)11-15-4-2-3-5-18(15)25/h2-5,7,9,12-13,22,27-28H,6,8,10-11H2,1H3,(H,26,29). The molecule has 2 atom stereocenters. The fourth-order valence-electron chi connectivity index (χ4n) is 4.43. The van der Waals surface area contributed by atoms with E-state index in [9.17, 15) is 9.90 Å². The average Bonchev–Trinajstić information content (AvgIpc) is 3.08. The molecule has 0 fully saturated rings. The summed E-state index contributed by atoms with van der Waals surface area (Å²) in [5.74, 6) is 0.757. The number of anilines is 1. The van der Waals surface area contributed by atoms with Gasteiger partial charge < -0.3 is 15.7 Å². The number of phenols is 1. The molecule has 1 aromatic heterocycles. The molecular weight excluding hydrogens is 416 g/mol. The van der Waals surface area contributed by atoms with Crippen molar-refractivity contribution in [2.75, 3.05) is 5.32 Å². The maximum atomic E-state index is 13.0. The molecule has 0 radical (unpaired) electrons. The van der Waals surface area contributed by atoms with Gasteiger partial charge in [-0.3, -0.25) is 4.79 Å². The number of nitrogens with one attached hydrogen (secondary N) is 2. The summed E-state index contributed by atoms with van der Waals surface area (Å²) < 4.78 is 0. The van der Waals surface area contributed by atoms with Gasteiger partial charge in [-0.25, -0.2) is 0 Å². The predicted octanol–water partition coefficient (Wildman–Crippen LogP) is 5.68. The van der Waals surface area contributed by atoms with Crippen LogP contribution in [0.3, 0.4) is 0 Å². The molecule has 0 spiro atoms. The highest BCUT2D eigenvalue weighted by atomic mass is 35.5. The fraction of sp³-hybridized carbons (Fsp3) is 0.292. The fourth-order valence-corrected chi connectivity index (χ4v) is 6.06. The molecule has 2 unspecified atom stereocenters. The molecule has 2 aliphatic rings. The second-order valence-corrected chi connectivity index (χ2v) is 9.78. The van der Waals surface area contributed by atoms with Crippen LogP contribution in [0.15, 0.2) is 42.5 Å². The minimum absolute atomic E-state index is 0.0586. The van der Waals surface area contributed by atoms with Gasteiger partial charge in [-0.05, 0) is 66.5 Å². The zero-order chi connectivity index (χ0) is 20.8. The normalized spacial score (nSPS) is 20.1. The first-order chi connectivity index (χ1) is 14.5. The van der Waals surface area contributed by atoms with E-state index in [-0.39, 0.29) is 11.7 Å².